The van der Waals surface area contributed by atoms with Gasteiger partial charge in [-0.05, 0) is 36.1 Å². The van der Waals surface area contributed by atoms with Gasteiger partial charge in [0.15, 0.2) is 9.84 Å². The second-order valence-electron chi connectivity index (χ2n) is 7.60. The maximum absolute atomic E-state index is 12.9. The lowest BCUT2D eigenvalue weighted by Gasteiger charge is -2.25. The van der Waals surface area contributed by atoms with Gasteiger partial charge in [-0.15, -0.1) is 0 Å². The molecule has 2 heterocycles. The number of methoxy groups -OCH3 is 2. The molecule has 0 radical (unpaired) electrons. The van der Waals surface area contributed by atoms with Gasteiger partial charge in [0.25, 0.3) is 0 Å². The number of sulfone groups is 1. The minimum atomic E-state index is -3.65. The van der Waals surface area contributed by atoms with Crippen molar-refractivity contribution in [2.45, 2.75) is 30.6 Å². The van der Waals surface area contributed by atoms with Crippen molar-refractivity contribution in [3.63, 3.8) is 0 Å². The Balaban J connectivity index is 1.47. The van der Waals surface area contributed by atoms with E-state index in [1.54, 1.807) is 35.2 Å². The number of carbonyl (C=O) groups excluding carboxylic acids is 2. The predicted octanol–water partition coefficient (Wildman–Crippen LogP) is 2.34. The predicted molar refractivity (Wildman–Crippen MR) is 116 cm³/mol. The topological polar surface area (TPSA) is 102 Å². The standard InChI is InChI=1S/C22H24N2O6S/c1-29-17-11-16(12-18(13-17)30-2)23-20(25)6-8-31(27,28)19-9-14-3-4-21(26)24-7-5-15(10-19)22(14)24/h9-13H,3-8H2,1-2H3,(H,23,25). The van der Waals surface area contributed by atoms with Crippen LogP contribution in [-0.2, 0) is 32.3 Å². The third kappa shape index (κ3) is 4.23. The normalized spacial score (nSPS) is 14.9. The molecule has 0 saturated carbocycles. The fraction of sp³-hybridized carbons (Fsp3) is 0.364. The number of amides is 2. The van der Waals surface area contributed by atoms with Crippen LogP contribution in [0.2, 0.25) is 0 Å². The molecule has 8 nitrogen and oxygen atoms in total. The molecule has 0 bridgehead atoms. The summed E-state index contributed by atoms with van der Waals surface area (Å²) in [5.41, 5.74) is 3.11. The molecule has 0 aromatic heterocycles. The highest BCUT2D eigenvalue weighted by atomic mass is 32.2. The van der Waals surface area contributed by atoms with E-state index in [4.69, 9.17) is 9.47 Å². The fourth-order valence-electron chi connectivity index (χ4n) is 4.05. The van der Waals surface area contributed by atoms with Crippen molar-refractivity contribution >= 4 is 33.0 Å². The second-order valence-corrected chi connectivity index (χ2v) is 9.71. The number of benzene rings is 2. The molecule has 1 N–H and O–H groups in total. The number of hydrogen-bond acceptors (Lipinski definition) is 6. The Hall–Kier alpha value is -3.07. The van der Waals surface area contributed by atoms with Gasteiger partial charge in [-0.1, -0.05) is 0 Å². The number of rotatable bonds is 7. The van der Waals surface area contributed by atoms with Gasteiger partial charge < -0.3 is 19.7 Å². The lowest BCUT2D eigenvalue weighted by molar-refractivity contribution is -0.119. The van der Waals surface area contributed by atoms with Crippen LogP contribution in [0.3, 0.4) is 0 Å². The molecular formula is C22H24N2O6S. The molecule has 0 unspecified atom stereocenters. The van der Waals surface area contributed by atoms with Crippen molar-refractivity contribution in [2.24, 2.45) is 0 Å². The summed E-state index contributed by atoms with van der Waals surface area (Å²) in [7, 11) is -0.636. The van der Waals surface area contributed by atoms with E-state index in [1.165, 1.54) is 14.2 Å². The van der Waals surface area contributed by atoms with Gasteiger partial charge in [0.05, 0.1) is 30.6 Å². The lowest BCUT2D eigenvalue weighted by Crippen LogP contribution is -2.32. The summed E-state index contributed by atoms with van der Waals surface area (Å²) >= 11 is 0. The van der Waals surface area contributed by atoms with Gasteiger partial charge in [0.1, 0.15) is 11.5 Å². The Labute approximate surface area is 181 Å². The number of nitrogens with one attached hydrogen (secondary N) is 1. The highest BCUT2D eigenvalue weighted by molar-refractivity contribution is 7.91. The van der Waals surface area contributed by atoms with Crippen LogP contribution in [-0.4, -0.2) is 46.7 Å². The minimum Gasteiger partial charge on any atom is -0.497 e. The minimum absolute atomic E-state index is 0.0905. The molecule has 2 aromatic rings. The maximum Gasteiger partial charge on any atom is 0.227 e. The van der Waals surface area contributed by atoms with Gasteiger partial charge >= 0.3 is 0 Å². The highest BCUT2D eigenvalue weighted by Gasteiger charge is 2.33. The van der Waals surface area contributed by atoms with Crippen LogP contribution in [0.5, 0.6) is 11.5 Å². The molecule has 0 aliphatic carbocycles. The SMILES string of the molecule is COc1cc(NC(=O)CCS(=O)(=O)c2cc3c4c(c2)CCN4C(=O)CC3)cc(OC)c1. The van der Waals surface area contributed by atoms with Crippen LogP contribution in [0.15, 0.2) is 35.2 Å². The third-order valence-electron chi connectivity index (χ3n) is 5.62. The van der Waals surface area contributed by atoms with Crippen LogP contribution in [0.25, 0.3) is 0 Å². The first-order valence-corrected chi connectivity index (χ1v) is 11.7. The zero-order valence-corrected chi connectivity index (χ0v) is 18.3. The van der Waals surface area contributed by atoms with Gasteiger partial charge in [0.2, 0.25) is 11.8 Å². The molecule has 4 rings (SSSR count). The van der Waals surface area contributed by atoms with E-state index in [1.807, 2.05) is 0 Å². The molecule has 0 atom stereocenters. The molecule has 9 heteroatoms. The van der Waals surface area contributed by atoms with E-state index in [9.17, 15) is 18.0 Å². The Kier molecular flexibility index (Phi) is 5.62. The van der Waals surface area contributed by atoms with Gasteiger partial charge in [0, 0.05) is 43.3 Å². The molecule has 31 heavy (non-hydrogen) atoms. The van der Waals surface area contributed by atoms with Crippen molar-refractivity contribution in [2.75, 3.05) is 36.7 Å². The van der Waals surface area contributed by atoms with E-state index < -0.39 is 15.7 Å². The van der Waals surface area contributed by atoms with E-state index in [0.717, 1.165) is 16.8 Å². The van der Waals surface area contributed by atoms with Crippen molar-refractivity contribution in [1.29, 1.82) is 0 Å². The van der Waals surface area contributed by atoms with Crippen LogP contribution < -0.4 is 19.7 Å². The monoisotopic (exact) mass is 444 g/mol. The van der Waals surface area contributed by atoms with Crippen molar-refractivity contribution in [3.8, 4) is 11.5 Å². The summed E-state index contributed by atoms with van der Waals surface area (Å²) in [6, 6.07) is 8.25. The third-order valence-corrected chi connectivity index (χ3v) is 7.31. The molecule has 2 aliphatic heterocycles. The molecule has 0 spiro atoms. The Morgan fingerprint density at radius 1 is 1.00 bits per heavy atom. The summed E-state index contributed by atoms with van der Waals surface area (Å²) in [4.78, 5) is 26.4. The molecule has 0 saturated heterocycles. The van der Waals surface area contributed by atoms with E-state index in [0.29, 0.717) is 43.0 Å². The number of anilines is 2. The smallest absolute Gasteiger partial charge is 0.227 e. The van der Waals surface area contributed by atoms with Gasteiger partial charge in [-0.2, -0.15) is 0 Å². The molecule has 2 amide bonds. The quantitative estimate of drug-likeness (QED) is 0.703. The van der Waals surface area contributed by atoms with Crippen LogP contribution in [0.4, 0.5) is 11.4 Å². The summed E-state index contributed by atoms with van der Waals surface area (Å²) in [6.07, 6.45) is 1.40. The molecule has 2 aliphatic rings. The van der Waals surface area contributed by atoms with Crippen LogP contribution in [0.1, 0.15) is 24.0 Å². The molecule has 0 fully saturated rings. The number of aryl methyl sites for hydroxylation is 1. The number of ether oxygens (including phenoxy) is 2. The Morgan fingerprint density at radius 2 is 1.65 bits per heavy atom. The van der Waals surface area contributed by atoms with Gasteiger partial charge in [-0.3, -0.25) is 9.59 Å². The largest absolute Gasteiger partial charge is 0.497 e. The zero-order chi connectivity index (χ0) is 22.2. The zero-order valence-electron chi connectivity index (χ0n) is 17.4. The van der Waals surface area contributed by atoms with Crippen molar-refractivity contribution in [3.05, 3.63) is 41.5 Å². The van der Waals surface area contributed by atoms with Crippen LogP contribution in [0, 0.1) is 0 Å². The first kappa shape index (κ1) is 21.2. The summed E-state index contributed by atoms with van der Waals surface area (Å²) < 4.78 is 36.2. The summed E-state index contributed by atoms with van der Waals surface area (Å²) in [6.45, 7) is 0.594. The van der Waals surface area contributed by atoms with E-state index in [2.05, 4.69) is 5.32 Å². The summed E-state index contributed by atoms with van der Waals surface area (Å²) in [5.74, 6) is 0.399. The van der Waals surface area contributed by atoms with Gasteiger partial charge in [-0.25, -0.2) is 8.42 Å². The van der Waals surface area contributed by atoms with E-state index >= 15 is 0 Å². The average molecular weight is 445 g/mol. The number of nitrogens with zero attached hydrogens (tertiary/aromatic N) is 1. The van der Waals surface area contributed by atoms with Crippen molar-refractivity contribution < 1.29 is 27.5 Å². The van der Waals surface area contributed by atoms with Crippen molar-refractivity contribution in [1.82, 2.24) is 0 Å². The Bertz CT molecular complexity index is 1140. The lowest BCUT2D eigenvalue weighted by atomic mass is 10.00. The average Bonchev–Trinajstić information content (AvgIpc) is 3.20. The maximum atomic E-state index is 12.9. The number of hydrogen-bond donors (Lipinski definition) is 1. The van der Waals surface area contributed by atoms with E-state index in [-0.39, 0.29) is 23.0 Å². The molecule has 2 aromatic carbocycles. The molecular weight excluding hydrogens is 420 g/mol. The van der Waals surface area contributed by atoms with Crippen LogP contribution >= 0.6 is 0 Å². The first-order valence-electron chi connectivity index (χ1n) is 10.0. The highest BCUT2D eigenvalue weighted by Crippen LogP contribution is 2.38. The Morgan fingerprint density at radius 3 is 2.29 bits per heavy atom. The fourth-order valence-corrected chi connectivity index (χ4v) is 5.39. The molecule has 164 valence electrons. The summed E-state index contributed by atoms with van der Waals surface area (Å²) in [5, 5.41) is 2.69. The second kappa shape index (κ2) is 8.22. The number of carbonyl (C=O) groups is 2. The first-order chi connectivity index (χ1) is 14.8.